The van der Waals surface area contributed by atoms with Crippen molar-refractivity contribution in [1.29, 1.82) is 0 Å². The Hall–Kier alpha value is -0.870. The van der Waals surface area contributed by atoms with Crippen molar-refractivity contribution in [2.45, 2.75) is 13.3 Å². The van der Waals surface area contributed by atoms with Crippen molar-refractivity contribution >= 4 is 34.6 Å². The molecule has 0 bridgehead atoms. The summed E-state index contributed by atoms with van der Waals surface area (Å²) in [6.07, 6.45) is 2.40. The van der Waals surface area contributed by atoms with Gasteiger partial charge in [-0.3, -0.25) is 0 Å². The van der Waals surface area contributed by atoms with Crippen LogP contribution < -0.4 is 10.6 Å². The lowest BCUT2D eigenvalue weighted by molar-refractivity contribution is 0.820. The summed E-state index contributed by atoms with van der Waals surface area (Å²) in [5.74, 6) is 0.790. The quantitative estimate of drug-likeness (QED) is 0.806. The molecule has 0 fully saturated rings. The van der Waals surface area contributed by atoms with Gasteiger partial charge in [-0.1, -0.05) is 23.8 Å². The largest absolute Gasteiger partial charge is 0.393 e. The van der Waals surface area contributed by atoms with Gasteiger partial charge in [0, 0.05) is 25.7 Å². The molecule has 1 aromatic heterocycles. The van der Waals surface area contributed by atoms with Crippen LogP contribution in [0, 0.1) is 0 Å². The Kier molecular flexibility index (Phi) is 4.78. The van der Waals surface area contributed by atoms with Crippen LogP contribution in [-0.2, 0) is 0 Å². The SMILES string of the molecule is CCN(CCC(N)=S)c1ncccc1Cl. The molecule has 0 amide bonds. The van der Waals surface area contributed by atoms with Crippen LogP contribution in [0.2, 0.25) is 5.02 Å². The molecule has 0 aromatic carbocycles. The maximum atomic E-state index is 6.04. The molecule has 15 heavy (non-hydrogen) atoms. The second-order valence-corrected chi connectivity index (χ2v) is 4.04. The van der Waals surface area contributed by atoms with Crippen LogP contribution in [0.3, 0.4) is 0 Å². The average Bonchev–Trinajstić information content (AvgIpc) is 2.21. The number of nitrogens with two attached hydrogens (primary N) is 1. The minimum atomic E-state index is 0.514. The van der Waals surface area contributed by atoms with Gasteiger partial charge in [0.15, 0.2) is 0 Å². The van der Waals surface area contributed by atoms with Gasteiger partial charge in [0.2, 0.25) is 0 Å². The van der Waals surface area contributed by atoms with E-state index < -0.39 is 0 Å². The standard InChI is InChI=1S/C10H14ClN3S/c1-2-14(7-5-9(12)15)10-8(11)4-3-6-13-10/h3-4,6H,2,5,7H2,1H3,(H2,12,15). The molecule has 1 heterocycles. The molecule has 0 aliphatic heterocycles. The highest BCUT2D eigenvalue weighted by atomic mass is 35.5. The molecule has 0 spiro atoms. The molecule has 2 N–H and O–H groups in total. The number of anilines is 1. The topological polar surface area (TPSA) is 42.1 Å². The normalized spacial score (nSPS) is 10.0. The van der Waals surface area contributed by atoms with E-state index in [1.165, 1.54) is 0 Å². The average molecular weight is 244 g/mol. The van der Waals surface area contributed by atoms with Gasteiger partial charge >= 0.3 is 0 Å². The van der Waals surface area contributed by atoms with Crippen molar-refractivity contribution in [3.05, 3.63) is 23.4 Å². The van der Waals surface area contributed by atoms with Gasteiger partial charge in [-0.15, -0.1) is 0 Å². The van der Waals surface area contributed by atoms with Crippen LogP contribution in [0.1, 0.15) is 13.3 Å². The number of nitrogens with zero attached hydrogens (tertiary/aromatic N) is 2. The fraction of sp³-hybridized carbons (Fsp3) is 0.400. The highest BCUT2D eigenvalue weighted by Gasteiger charge is 2.09. The number of pyridine rings is 1. The first-order valence-corrected chi connectivity index (χ1v) is 5.57. The van der Waals surface area contributed by atoms with Gasteiger partial charge in [0.25, 0.3) is 0 Å². The molecular formula is C10H14ClN3S. The van der Waals surface area contributed by atoms with Crippen molar-refractivity contribution in [3.8, 4) is 0 Å². The molecule has 0 saturated heterocycles. The number of halogens is 1. The Bertz CT molecular complexity index is 343. The highest BCUT2D eigenvalue weighted by molar-refractivity contribution is 7.80. The summed E-state index contributed by atoms with van der Waals surface area (Å²) in [6, 6.07) is 3.64. The van der Waals surface area contributed by atoms with E-state index in [0.29, 0.717) is 16.4 Å². The first kappa shape index (κ1) is 12.2. The second-order valence-electron chi connectivity index (χ2n) is 3.10. The number of hydrogen-bond donors (Lipinski definition) is 1. The van der Waals surface area contributed by atoms with E-state index in [2.05, 4.69) is 9.88 Å². The molecule has 0 aliphatic rings. The Morgan fingerprint density at radius 3 is 2.93 bits per heavy atom. The van der Waals surface area contributed by atoms with E-state index in [-0.39, 0.29) is 0 Å². The van der Waals surface area contributed by atoms with Crippen molar-refractivity contribution in [2.24, 2.45) is 5.73 Å². The first-order valence-electron chi connectivity index (χ1n) is 4.79. The predicted molar refractivity (Wildman–Crippen MR) is 68.5 cm³/mol. The molecule has 0 radical (unpaired) electrons. The van der Waals surface area contributed by atoms with Crippen molar-refractivity contribution in [3.63, 3.8) is 0 Å². The number of thiocarbonyl (C=S) groups is 1. The Morgan fingerprint density at radius 2 is 2.40 bits per heavy atom. The third-order valence-electron chi connectivity index (χ3n) is 2.05. The zero-order chi connectivity index (χ0) is 11.3. The summed E-state index contributed by atoms with van der Waals surface area (Å²) >= 11 is 10.9. The van der Waals surface area contributed by atoms with E-state index in [0.717, 1.165) is 18.9 Å². The van der Waals surface area contributed by atoms with Crippen LogP contribution >= 0.6 is 23.8 Å². The summed E-state index contributed by atoms with van der Waals surface area (Å²) in [6.45, 7) is 3.63. The number of aromatic nitrogens is 1. The van der Waals surface area contributed by atoms with Crippen LogP contribution in [0.5, 0.6) is 0 Å². The molecule has 5 heteroatoms. The monoisotopic (exact) mass is 243 g/mol. The van der Waals surface area contributed by atoms with E-state index >= 15 is 0 Å². The molecule has 1 rings (SSSR count). The maximum absolute atomic E-state index is 6.04. The van der Waals surface area contributed by atoms with E-state index in [9.17, 15) is 0 Å². The summed E-state index contributed by atoms with van der Waals surface area (Å²) in [7, 11) is 0. The van der Waals surface area contributed by atoms with E-state index in [4.69, 9.17) is 29.6 Å². The summed E-state index contributed by atoms with van der Waals surface area (Å²) < 4.78 is 0. The van der Waals surface area contributed by atoms with Gasteiger partial charge in [-0.05, 0) is 19.1 Å². The Balaban J connectivity index is 2.74. The molecule has 3 nitrogen and oxygen atoms in total. The molecule has 0 unspecified atom stereocenters. The highest BCUT2D eigenvalue weighted by Crippen LogP contribution is 2.21. The van der Waals surface area contributed by atoms with Gasteiger partial charge in [-0.25, -0.2) is 4.98 Å². The summed E-state index contributed by atoms with van der Waals surface area (Å²) in [4.78, 5) is 6.81. The van der Waals surface area contributed by atoms with Gasteiger partial charge in [-0.2, -0.15) is 0 Å². The maximum Gasteiger partial charge on any atom is 0.147 e. The molecule has 1 aromatic rings. The number of rotatable bonds is 5. The van der Waals surface area contributed by atoms with Crippen LogP contribution in [-0.4, -0.2) is 23.1 Å². The van der Waals surface area contributed by atoms with Crippen LogP contribution in [0.25, 0.3) is 0 Å². The molecule has 0 aliphatic carbocycles. The predicted octanol–water partition coefficient (Wildman–Crippen LogP) is 2.24. The zero-order valence-corrected chi connectivity index (χ0v) is 10.2. The van der Waals surface area contributed by atoms with Gasteiger partial charge in [0.1, 0.15) is 5.82 Å². The Morgan fingerprint density at radius 1 is 1.67 bits per heavy atom. The summed E-state index contributed by atoms with van der Waals surface area (Å²) in [5, 5.41) is 0.655. The van der Waals surface area contributed by atoms with Gasteiger partial charge in [0.05, 0.1) is 10.0 Å². The molecular weight excluding hydrogens is 230 g/mol. The smallest absolute Gasteiger partial charge is 0.147 e. The van der Waals surface area contributed by atoms with Crippen LogP contribution in [0.4, 0.5) is 5.82 Å². The zero-order valence-electron chi connectivity index (χ0n) is 8.61. The fourth-order valence-corrected chi connectivity index (χ4v) is 1.60. The molecule has 0 saturated carbocycles. The van der Waals surface area contributed by atoms with E-state index in [1.54, 1.807) is 6.20 Å². The summed E-state index contributed by atoms with van der Waals surface area (Å²) in [5.41, 5.74) is 5.46. The number of hydrogen-bond acceptors (Lipinski definition) is 3. The Labute approximate surface area is 100 Å². The first-order chi connectivity index (χ1) is 7.15. The lowest BCUT2D eigenvalue weighted by atomic mass is 10.3. The van der Waals surface area contributed by atoms with Crippen molar-refractivity contribution < 1.29 is 0 Å². The third kappa shape index (κ3) is 3.64. The molecule has 0 atom stereocenters. The fourth-order valence-electron chi connectivity index (χ4n) is 1.27. The van der Waals surface area contributed by atoms with E-state index in [1.807, 2.05) is 19.1 Å². The van der Waals surface area contributed by atoms with Gasteiger partial charge < -0.3 is 10.6 Å². The second kappa shape index (κ2) is 5.88. The third-order valence-corrected chi connectivity index (χ3v) is 2.55. The van der Waals surface area contributed by atoms with Crippen molar-refractivity contribution in [2.75, 3.05) is 18.0 Å². The lowest BCUT2D eigenvalue weighted by Gasteiger charge is -2.22. The lowest BCUT2D eigenvalue weighted by Crippen LogP contribution is -2.28. The van der Waals surface area contributed by atoms with Crippen molar-refractivity contribution in [1.82, 2.24) is 4.98 Å². The molecule has 82 valence electrons. The van der Waals surface area contributed by atoms with Crippen LogP contribution in [0.15, 0.2) is 18.3 Å². The minimum Gasteiger partial charge on any atom is -0.393 e. The minimum absolute atomic E-state index is 0.514.